The summed E-state index contributed by atoms with van der Waals surface area (Å²) in [5, 5.41) is 9.53. The number of aromatic nitrogens is 2. The number of aliphatic hydroxyl groups is 1. The van der Waals surface area contributed by atoms with Crippen LogP contribution in [0.15, 0.2) is 12.4 Å². The van der Waals surface area contributed by atoms with Gasteiger partial charge in [0.25, 0.3) is 0 Å². The van der Waals surface area contributed by atoms with Gasteiger partial charge < -0.3 is 10.0 Å². The number of nitrogens with zero attached hydrogens (tertiary/aromatic N) is 3. The molecule has 1 aromatic heterocycles. The Hall–Kier alpha value is -0.810. The molecule has 1 fully saturated rings. The fourth-order valence-corrected chi connectivity index (χ4v) is 2.93. The van der Waals surface area contributed by atoms with Crippen LogP contribution in [0.5, 0.6) is 0 Å². The molecule has 0 amide bonds. The van der Waals surface area contributed by atoms with E-state index in [0.717, 1.165) is 18.1 Å². The second-order valence-electron chi connectivity index (χ2n) is 4.03. The van der Waals surface area contributed by atoms with Crippen LogP contribution < -0.4 is 4.90 Å². The number of aliphatic hydroxyl groups excluding tert-OH is 1. The van der Waals surface area contributed by atoms with Gasteiger partial charge in [-0.3, -0.25) is 4.98 Å². The quantitative estimate of drug-likeness (QED) is 0.843. The predicted molar refractivity (Wildman–Crippen MR) is 66.7 cm³/mol. The van der Waals surface area contributed by atoms with Gasteiger partial charge in [0.1, 0.15) is 5.82 Å². The van der Waals surface area contributed by atoms with Gasteiger partial charge in [-0.1, -0.05) is 6.92 Å². The summed E-state index contributed by atoms with van der Waals surface area (Å²) in [7, 11) is 0. The average Bonchev–Trinajstić information content (AvgIpc) is 2.33. The minimum Gasteiger partial charge on any atom is -0.390 e. The van der Waals surface area contributed by atoms with Crippen LogP contribution in [0.4, 0.5) is 5.82 Å². The largest absolute Gasteiger partial charge is 0.390 e. The predicted octanol–water partition coefficient (Wildman–Crippen LogP) is 1.30. The summed E-state index contributed by atoms with van der Waals surface area (Å²) in [5.74, 6) is 2.05. The van der Waals surface area contributed by atoms with E-state index in [4.69, 9.17) is 5.11 Å². The van der Waals surface area contributed by atoms with Crippen molar-refractivity contribution >= 4 is 17.6 Å². The van der Waals surface area contributed by atoms with Crippen molar-refractivity contribution in [1.82, 2.24) is 9.97 Å². The van der Waals surface area contributed by atoms with Crippen LogP contribution in [0.25, 0.3) is 0 Å². The van der Waals surface area contributed by atoms with E-state index in [2.05, 4.69) is 28.7 Å². The van der Waals surface area contributed by atoms with Crippen molar-refractivity contribution < 1.29 is 5.11 Å². The van der Waals surface area contributed by atoms with Gasteiger partial charge in [-0.15, -0.1) is 0 Å². The summed E-state index contributed by atoms with van der Waals surface area (Å²) in [6.45, 7) is 5.44. The van der Waals surface area contributed by atoms with Crippen molar-refractivity contribution in [1.29, 1.82) is 0 Å². The zero-order valence-electron chi connectivity index (χ0n) is 9.63. The van der Waals surface area contributed by atoms with Crippen molar-refractivity contribution in [2.45, 2.75) is 31.7 Å². The van der Waals surface area contributed by atoms with Crippen LogP contribution in [-0.2, 0) is 6.61 Å². The monoisotopic (exact) mass is 239 g/mol. The molecule has 0 radical (unpaired) electrons. The van der Waals surface area contributed by atoms with Gasteiger partial charge in [-0.2, -0.15) is 11.8 Å². The maximum absolute atomic E-state index is 8.91. The highest BCUT2D eigenvalue weighted by Gasteiger charge is 2.26. The molecule has 2 rings (SSSR count). The lowest BCUT2D eigenvalue weighted by atomic mass is 10.2. The molecule has 4 nitrogen and oxygen atoms in total. The Morgan fingerprint density at radius 3 is 2.88 bits per heavy atom. The van der Waals surface area contributed by atoms with Gasteiger partial charge in [-0.05, 0) is 6.92 Å². The van der Waals surface area contributed by atoms with Crippen LogP contribution in [0.2, 0.25) is 0 Å². The first-order chi connectivity index (χ1) is 7.72. The lowest BCUT2D eigenvalue weighted by Crippen LogP contribution is -2.45. The molecule has 0 saturated carbocycles. The summed E-state index contributed by atoms with van der Waals surface area (Å²) in [6.07, 6.45) is 3.40. The van der Waals surface area contributed by atoms with E-state index >= 15 is 0 Å². The second kappa shape index (κ2) is 5.01. The Morgan fingerprint density at radius 2 is 2.25 bits per heavy atom. The summed E-state index contributed by atoms with van der Waals surface area (Å²) in [5.41, 5.74) is 0.621. The first kappa shape index (κ1) is 11.7. The molecule has 1 N–H and O–H groups in total. The molecule has 2 unspecified atom stereocenters. The lowest BCUT2D eigenvalue weighted by molar-refractivity contribution is 0.276. The molecular formula is C11H17N3OS. The summed E-state index contributed by atoms with van der Waals surface area (Å²) < 4.78 is 0. The third kappa shape index (κ3) is 2.30. The van der Waals surface area contributed by atoms with Crippen LogP contribution in [0, 0.1) is 0 Å². The zero-order valence-corrected chi connectivity index (χ0v) is 10.4. The molecule has 16 heavy (non-hydrogen) atoms. The van der Waals surface area contributed by atoms with Gasteiger partial charge >= 0.3 is 0 Å². The maximum Gasteiger partial charge on any atom is 0.147 e. The first-order valence-corrected chi connectivity index (χ1v) is 6.57. The fraction of sp³-hybridized carbons (Fsp3) is 0.636. The standard InChI is InChI=1S/C11H17N3OS/c1-8-9(2)16-4-3-14(8)11-6-12-10(7-15)5-13-11/h5-6,8-9,15H,3-4,7H2,1-2H3. The molecule has 1 saturated heterocycles. The minimum absolute atomic E-state index is 0.0465. The van der Waals surface area contributed by atoms with Crippen molar-refractivity contribution in [3.63, 3.8) is 0 Å². The van der Waals surface area contributed by atoms with E-state index in [1.54, 1.807) is 12.4 Å². The number of anilines is 1. The van der Waals surface area contributed by atoms with Crippen LogP contribution >= 0.6 is 11.8 Å². The summed E-state index contributed by atoms with van der Waals surface area (Å²) >= 11 is 2.00. The molecule has 88 valence electrons. The number of thioether (sulfide) groups is 1. The third-order valence-electron chi connectivity index (χ3n) is 3.03. The molecule has 5 heteroatoms. The van der Waals surface area contributed by atoms with E-state index < -0.39 is 0 Å². The fourth-order valence-electron chi connectivity index (χ4n) is 1.83. The van der Waals surface area contributed by atoms with Gasteiger partial charge in [0.2, 0.25) is 0 Å². The van der Waals surface area contributed by atoms with Gasteiger partial charge in [-0.25, -0.2) is 4.98 Å². The van der Waals surface area contributed by atoms with Gasteiger partial charge in [0.05, 0.1) is 24.7 Å². The maximum atomic E-state index is 8.91. The molecule has 1 aromatic rings. The van der Waals surface area contributed by atoms with E-state index in [0.29, 0.717) is 17.0 Å². The van der Waals surface area contributed by atoms with E-state index in [9.17, 15) is 0 Å². The number of hydrogen-bond acceptors (Lipinski definition) is 5. The molecule has 2 atom stereocenters. The Balaban J connectivity index is 2.15. The van der Waals surface area contributed by atoms with Crippen LogP contribution in [0.3, 0.4) is 0 Å². The average molecular weight is 239 g/mol. The topological polar surface area (TPSA) is 49.2 Å². The molecule has 0 spiro atoms. The minimum atomic E-state index is -0.0465. The van der Waals surface area contributed by atoms with Crippen molar-refractivity contribution in [3.05, 3.63) is 18.1 Å². The van der Waals surface area contributed by atoms with E-state index in [1.807, 2.05) is 11.8 Å². The van der Waals surface area contributed by atoms with Crippen LogP contribution in [-0.4, -0.2) is 38.7 Å². The van der Waals surface area contributed by atoms with Crippen molar-refractivity contribution in [2.75, 3.05) is 17.2 Å². The Labute approximate surface area is 100 Å². The molecule has 1 aliphatic heterocycles. The molecule has 0 bridgehead atoms. The normalized spacial score (nSPS) is 25.8. The number of hydrogen-bond donors (Lipinski definition) is 1. The highest BCUT2D eigenvalue weighted by molar-refractivity contribution is 8.00. The second-order valence-corrected chi connectivity index (χ2v) is 5.52. The SMILES string of the molecule is CC1SCCN(c2cnc(CO)cn2)C1C. The Kier molecular flexibility index (Phi) is 3.66. The van der Waals surface area contributed by atoms with E-state index in [1.165, 1.54) is 0 Å². The van der Waals surface area contributed by atoms with Crippen LogP contribution in [0.1, 0.15) is 19.5 Å². The highest BCUT2D eigenvalue weighted by atomic mass is 32.2. The van der Waals surface area contributed by atoms with Gasteiger partial charge in [0.15, 0.2) is 0 Å². The van der Waals surface area contributed by atoms with Gasteiger partial charge in [0, 0.05) is 23.6 Å². The molecule has 1 aliphatic rings. The Bertz CT molecular complexity index is 344. The molecular weight excluding hydrogens is 222 g/mol. The zero-order chi connectivity index (χ0) is 11.5. The highest BCUT2D eigenvalue weighted by Crippen LogP contribution is 2.27. The first-order valence-electron chi connectivity index (χ1n) is 5.52. The Morgan fingerprint density at radius 1 is 1.44 bits per heavy atom. The number of rotatable bonds is 2. The lowest BCUT2D eigenvalue weighted by Gasteiger charge is -2.38. The summed E-state index contributed by atoms with van der Waals surface area (Å²) in [4.78, 5) is 10.8. The summed E-state index contributed by atoms with van der Waals surface area (Å²) in [6, 6.07) is 0.480. The van der Waals surface area contributed by atoms with Crippen molar-refractivity contribution in [2.24, 2.45) is 0 Å². The smallest absolute Gasteiger partial charge is 0.147 e. The molecule has 0 aromatic carbocycles. The molecule has 2 heterocycles. The third-order valence-corrected chi connectivity index (χ3v) is 4.37. The molecule has 0 aliphatic carbocycles. The van der Waals surface area contributed by atoms with Crippen molar-refractivity contribution in [3.8, 4) is 0 Å². The van der Waals surface area contributed by atoms with E-state index in [-0.39, 0.29) is 6.61 Å².